The second-order valence-corrected chi connectivity index (χ2v) is 6.79. The van der Waals surface area contributed by atoms with Crippen LogP contribution in [-0.2, 0) is 4.79 Å². The van der Waals surface area contributed by atoms with Gasteiger partial charge >= 0.3 is 0 Å². The van der Waals surface area contributed by atoms with Crippen molar-refractivity contribution in [3.05, 3.63) is 42.0 Å². The SMILES string of the molecule is CC[C@H](Sc1ncnc2nc[nH]c12)C(=O)Nc1ccc(C)cc1C. The van der Waals surface area contributed by atoms with Crippen LogP contribution in [0.2, 0.25) is 0 Å². The molecule has 0 saturated carbocycles. The van der Waals surface area contributed by atoms with E-state index in [1.807, 2.05) is 32.9 Å². The van der Waals surface area contributed by atoms with Crippen LogP contribution in [0.4, 0.5) is 5.69 Å². The summed E-state index contributed by atoms with van der Waals surface area (Å²) in [6.07, 6.45) is 3.75. The molecular weight excluding hydrogens is 322 g/mol. The van der Waals surface area contributed by atoms with Crippen molar-refractivity contribution in [3.63, 3.8) is 0 Å². The number of amides is 1. The number of nitrogens with zero attached hydrogens (tertiary/aromatic N) is 3. The second kappa shape index (κ2) is 7.00. The molecule has 1 atom stereocenters. The van der Waals surface area contributed by atoms with Crippen LogP contribution in [0.25, 0.3) is 11.2 Å². The van der Waals surface area contributed by atoms with E-state index in [2.05, 4.69) is 31.3 Å². The van der Waals surface area contributed by atoms with Crippen LogP contribution in [0.1, 0.15) is 24.5 Å². The van der Waals surface area contributed by atoms with Crippen LogP contribution in [0.5, 0.6) is 0 Å². The van der Waals surface area contributed by atoms with Crippen molar-refractivity contribution in [1.29, 1.82) is 0 Å². The monoisotopic (exact) mass is 341 g/mol. The number of anilines is 1. The van der Waals surface area contributed by atoms with E-state index in [0.29, 0.717) is 12.1 Å². The lowest BCUT2D eigenvalue weighted by Crippen LogP contribution is -2.25. The molecule has 0 aliphatic rings. The molecule has 124 valence electrons. The average Bonchev–Trinajstić information content (AvgIpc) is 3.04. The second-order valence-electron chi connectivity index (χ2n) is 5.60. The smallest absolute Gasteiger partial charge is 0.237 e. The fraction of sp³-hybridized carbons (Fsp3) is 0.294. The largest absolute Gasteiger partial charge is 0.341 e. The molecule has 1 aromatic carbocycles. The fourth-order valence-electron chi connectivity index (χ4n) is 2.46. The summed E-state index contributed by atoms with van der Waals surface area (Å²) in [6, 6.07) is 6.00. The summed E-state index contributed by atoms with van der Waals surface area (Å²) in [7, 11) is 0. The Morgan fingerprint density at radius 2 is 2.12 bits per heavy atom. The number of aromatic nitrogens is 4. The molecule has 2 aromatic heterocycles. The third-order valence-corrected chi connectivity index (χ3v) is 5.11. The van der Waals surface area contributed by atoms with E-state index in [4.69, 9.17) is 0 Å². The Balaban J connectivity index is 1.78. The topological polar surface area (TPSA) is 83.6 Å². The molecule has 0 saturated heterocycles. The van der Waals surface area contributed by atoms with E-state index in [9.17, 15) is 4.79 Å². The number of carbonyl (C=O) groups is 1. The number of fused-ring (bicyclic) bond motifs is 1. The normalized spacial score (nSPS) is 12.3. The highest BCUT2D eigenvalue weighted by Gasteiger charge is 2.21. The maximum absolute atomic E-state index is 12.7. The number of hydrogen-bond acceptors (Lipinski definition) is 5. The van der Waals surface area contributed by atoms with E-state index in [1.54, 1.807) is 6.33 Å². The molecule has 0 unspecified atom stereocenters. The molecule has 7 heteroatoms. The van der Waals surface area contributed by atoms with Gasteiger partial charge in [0, 0.05) is 5.69 Å². The minimum Gasteiger partial charge on any atom is -0.341 e. The van der Waals surface area contributed by atoms with Crippen LogP contribution in [0.15, 0.2) is 35.9 Å². The van der Waals surface area contributed by atoms with E-state index in [-0.39, 0.29) is 11.2 Å². The van der Waals surface area contributed by atoms with E-state index in [0.717, 1.165) is 21.8 Å². The highest BCUT2D eigenvalue weighted by Crippen LogP contribution is 2.29. The van der Waals surface area contributed by atoms with Crippen molar-refractivity contribution < 1.29 is 4.79 Å². The first-order chi connectivity index (χ1) is 11.6. The Bertz CT molecular complexity index is 876. The molecule has 0 aliphatic heterocycles. The maximum Gasteiger partial charge on any atom is 0.237 e. The summed E-state index contributed by atoms with van der Waals surface area (Å²) < 4.78 is 0. The Labute approximate surface area is 144 Å². The van der Waals surface area contributed by atoms with Gasteiger partial charge in [-0.3, -0.25) is 4.79 Å². The number of hydrogen-bond donors (Lipinski definition) is 2. The van der Waals surface area contributed by atoms with Gasteiger partial charge in [-0.15, -0.1) is 0 Å². The maximum atomic E-state index is 12.7. The number of H-pyrrole nitrogens is 1. The number of carbonyl (C=O) groups excluding carboxylic acids is 1. The molecule has 0 aliphatic carbocycles. The van der Waals surface area contributed by atoms with Crippen LogP contribution in [-0.4, -0.2) is 31.1 Å². The highest BCUT2D eigenvalue weighted by atomic mass is 32.2. The third kappa shape index (κ3) is 3.41. The standard InChI is InChI=1S/C17H19N5OS/c1-4-13(16(23)22-12-6-5-10(2)7-11(12)3)24-17-14-15(19-8-18-14)20-9-21-17/h5-9,13H,4H2,1-3H3,(H,22,23)(H,18,19,20,21)/t13-/m0/s1. The molecule has 2 heterocycles. The zero-order chi connectivity index (χ0) is 17.1. The molecule has 3 aromatic rings. The Kier molecular flexibility index (Phi) is 4.80. The lowest BCUT2D eigenvalue weighted by Gasteiger charge is -2.16. The predicted octanol–water partition coefficient (Wildman–Crippen LogP) is 3.48. The zero-order valence-electron chi connectivity index (χ0n) is 13.8. The molecule has 1 amide bonds. The fourth-order valence-corrected chi connectivity index (χ4v) is 3.43. The van der Waals surface area contributed by atoms with Gasteiger partial charge in [0.1, 0.15) is 16.9 Å². The average molecular weight is 341 g/mol. The van der Waals surface area contributed by atoms with E-state index in [1.165, 1.54) is 23.7 Å². The summed E-state index contributed by atoms with van der Waals surface area (Å²) in [5.41, 5.74) is 4.45. The highest BCUT2D eigenvalue weighted by molar-refractivity contribution is 8.00. The van der Waals surface area contributed by atoms with Gasteiger partial charge in [-0.25, -0.2) is 15.0 Å². The van der Waals surface area contributed by atoms with Gasteiger partial charge < -0.3 is 10.3 Å². The van der Waals surface area contributed by atoms with Gasteiger partial charge in [-0.2, -0.15) is 0 Å². The van der Waals surface area contributed by atoms with Gasteiger partial charge in [0.25, 0.3) is 0 Å². The van der Waals surface area contributed by atoms with Crippen molar-refractivity contribution >= 4 is 34.5 Å². The van der Waals surface area contributed by atoms with Crippen LogP contribution >= 0.6 is 11.8 Å². The summed E-state index contributed by atoms with van der Waals surface area (Å²) in [4.78, 5) is 28.2. The van der Waals surface area contributed by atoms with E-state index >= 15 is 0 Å². The lowest BCUT2D eigenvalue weighted by molar-refractivity contribution is -0.115. The third-order valence-electron chi connectivity index (χ3n) is 3.75. The number of imidazole rings is 1. The van der Waals surface area contributed by atoms with Crippen molar-refractivity contribution in [3.8, 4) is 0 Å². The van der Waals surface area contributed by atoms with Crippen LogP contribution in [0, 0.1) is 13.8 Å². The molecular formula is C17H19N5OS. The molecule has 6 nitrogen and oxygen atoms in total. The van der Waals surface area contributed by atoms with E-state index < -0.39 is 0 Å². The molecule has 2 N–H and O–H groups in total. The first kappa shape index (κ1) is 16.4. The van der Waals surface area contributed by atoms with Crippen molar-refractivity contribution in [2.75, 3.05) is 5.32 Å². The number of nitrogens with one attached hydrogen (secondary N) is 2. The number of aromatic amines is 1. The van der Waals surface area contributed by atoms with Gasteiger partial charge in [0.05, 0.1) is 11.6 Å². The van der Waals surface area contributed by atoms with Gasteiger partial charge in [0.15, 0.2) is 5.65 Å². The Morgan fingerprint density at radius 3 is 2.88 bits per heavy atom. The van der Waals surface area contributed by atoms with Gasteiger partial charge in [-0.05, 0) is 31.9 Å². The minimum atomic E-state index is -0.243. The van der Waals surface area contributed by atoms with Crippen molar-refractivity contribution in [2.24, 2.45) is 0 Å². The number of rotatable bonds is 5. The summed E-state index contributed by atoms with van der Waals surface area (Å²) in [5.74, 6) is -0.0271. The number of benzene rings is 1. The summed E-state index contributed by atoms with van der Waals surface area (Å²) in [6.45, 7) is 6.02. The molecule has 24 heavy (non-hydrogen) atoms. The van der Waals surface area contributed by atoms with Crippen LogP contribution in [0.3, 0.4) is 0 Å². The quantitative estimate of drug-likeness (QED) is 0.548. The molecule has 0 spiro atoms. The predicted molar refractivity (Wildman–Crippen MR) is 96.2 cm³/mol. The van der Waals surface area contributed by atoms with Crippen molar-refractivity contribution in [1.82, 2.24) is 19.9 Å². The molecule has 3 rings (SSSR count). The van der Waals surface area contributed by atoms with Crippen molar-refractivity contribution in [2.45, 2.75) is 37.5 Å². The first-order valence-corrected chi connectivity index (χ1v) is 8.65. The molecule has 0 fully saturated rings. The van der Waals surface area contributed by atoms with Gasteiger partial charge in [-0.1, -0.05) is 36.4 Å². The van der Waals surface area contributed by atoms with Gasteiger partial charge in [0.2, 0.25) is 5.91 Å². The zero-order valence-corrected chi connectivity index (χ0v) is 14.6. The Morgan fingerprint density at radius 1 is 1.29 bits per heavy atom. The molecule has 0 radical (unpaired) electrons. The first-order valence-electron chi connectivity index (χ1n) is 7.77. The number of aryl methyl sites for hydroxylation is 2. The minimum absolute atomic E-state index is 0.0271. The summed E-state index contributed by atoms with van der Waals surface area (Å²) >= 11 is 1.42. The lowest BCUT2D eigenvalue weighted by atomic mass is 10.1. The number of thioether (sulfide) groups is 1. The summed E-state index contributed by atoms with van der Waals surface area (Å²) in [5, 5.41) is 3.51. The van der Waals surface area contributed by atoms with Crippen LogP contribution < -0.4 is 5.32 Å². The molecule has 0 bridgehead atoms. The Hall–Kier alpha value is -2.41.